The van der Waals surface area contributed by atoms with Crippen LogP contribution in [-0.4, -0.2) is 24.3 Å². The fourth-order valence-corrected chi connectivity index (χ4v) is 3.68. The highest BCUT2D eigenvalue weighted by atomic mass is 35.5. The van der Waals surface area contributed by atoms with Crippen molar-refractivity contribution >= 4 is 34.8 Å². The third kappa shape index (κ3) is 4.09. The second kappa shape index (κ2) is 8.17. The molecule has 2 aromatic carbocycles. The van der Waals surface area contributed by atoms with Crippen molar-refractivity contribution in [3.8, 4) is 6.07 Å². The Labute approximate surface area is 180 Å². The molecule has 0 saturated heterocycles. The summed E-state index contributed by atoms with van der Waals surface area (Å²) in [6.07, 6.45) is -5.38. The van der Waals surface area contributed by atoms with Crippen LogP contribution in [0.5, 0.6) is 0 Å². The molecule has 1 unspecified atom stereocenters. The molecule has 0 spiro atoms. The molecule has 1 amide bonds. The highest BCUT2D eigenvalue weighted by molar-refractivity contribution is 6.34. The average molecular weight is 456 g/mol. The van der Waals surface area contributed by atoms with Gasteiger partial charge in [-0.05, 0) is 48.4 Å². The molecule has 5 nitrogen and oxygen atoms in total. The van der Waals surface area contributed by atoms with E-state index >= 15 is 0 Å². The Morgan fingerprint density at radius 2 is 1.93 bits per heavy atom. The molecular formula is C20H14Cl2F3N3O2. The Bertz CT molecular complexity index is 1060. The van der Waals surface area contributed by atoms with Crippen LogP contribution in [0.3, 0.4) is 0 Å². The molecule has 0 fully saturated rings. The number of nitrogens with zero attached hydrogens (tertiary/aromatic N) is 2. The number of hydrogen-bond acceptors (Lipinski definition) is 4. The summed E-state index contributed by atoms with van der Waals surface area (Å²) in [7, 11) is 0. The normalized spacial score (nSPS) is 18.4. The van der Waals surface area contributed by atoms with Crippen LogP contribution >= 0.6 is 23.2 Å². The van der Waals surface area contributed by atoms with E-state index in [0.717, 1.165) is 12.1 Å². The van der Waals surface area contributed by atoms with E-state index < -0.39 is 24.1 Å². The van der Waals surface area contributed by atoms with Gasteiger partial charge in [0.05, 0.1) is 11.8 Å². The van der Waals surface area contributed by atoms with Gasteiger partial charge in [0.1, 0.15) is 6.54 Å². The topological polar surface area (TPSA) is 74.5 Å². The van der Waals surface area contributed by atoms with Gasteiger partial charge < -0.3 is 10.2 Å². The summed E-state index contributed by atoms with van der Waals surface area (Å²) in [4.78, 5) is 17.0. The zero-order valence-corrected chi connectivity index (χ0v) is 17.0. The summed E-state index contributed by atoms with van der Waals surface area (Å²) >= 11 is 11.8. The Morgan fingerprint density at radius 3 is 2.50 bits per heavy atom. The van der Waals surface area contributed by atoms with Crippen molar-refractivity contribution in [3.63, 3.8) is 0 Å². The van der Waals surface area contributed by atoms with Crippen LogP contribution in [0.15, 0.2) is 41.6 Å². The molecule has 1 aliphatic rings. The van der Waals surface area contributed by atoms with Gasteiger partial charge in [0.25, 0.3) is 11.5 Å². The number of nitriles is 1. The van der Waals surface area contributed by atoms with Crippen LogP contribution in [0, 0.1) is 18.3 Å². The van der Waals surface area contributed by atoms with Crippen LogP contribution in [0.25, 0.3) is 0 Å². The number of benzene rings is 2. The van der Waals surface area contributed by atoms with E-state index in [1.807, 2.05) is 0 Å². The van der Waals surface area contributed by atoms with E-state index in [1.165, 1.54) is 18.2 Å². The molecule has 0 radical (unpaired) electrons. The molecule has 0 saturated carbocycles. The van der Waals surface area contributed by atoms with Crippen LogP contribution < -0.4 is 5.32 Å². The molecule has 2 aromatic rings. The Morgan fingerprint density at radius 1 is 1.27 bits per heavy atom. The Kier molecular flexibility index (Phi) is 5.97. The molecule has 10 heteroatoms. The van der Waals surface area contributed by atoms with E-state index in [1.54, 1.807) is 19.1 Å². The largest absolute Gasteiger partial charge is 0.435 e. The van der Waals surface area contributed by atoms with Gasteiger partial charge in [-0.25, -0.2) is 0 Å². The molecule has 30 heavy (non-hydrogen) atoms. The number of alkyl halides is 3. The lowest BCUT2D eigenvalue weighted by molar-refractivity contribution is -0.275. The lowest BCUT2D eigenvalue weighted by atomic mass is 9.86. The standard InChI is InChI=1S/C20H14Cl2F3N3O2/c1-11-6-12(2-3-16(11)18(29)27-5-4-26)17-10-19(30-28-17,20(23,24)25)13-7-14(21)9-15(22)8-13/h2-3,6-9H,5,10H2,1H3,(H,27,29). The first-order chi connectivity index (χ1) is 14.1. The van der Waals surface area contributed by atoms with Crippen LogP contribution in [0.4, 0.5) is 13.2 Å². The van der Waals surface area contributed by atoms with Gasteiger partial charge in [-0.2, -0.15) is 18.4 Å². The van der Waals surface area contributed by atoms with Gasteiger partial charge in [-0.15, -0.1) is 0 Å². The maximum atomic E-state index is 14.1. The van der Waals surface area contributed by atoms with Gasteiger partial charge in [-0.3, -0.25) is 4.79 Å². The smallest absolute Gasteiger partial charge is 0.374 e. The monoisotopic (exact) mass is 455 g/mol. The van der Waals surface area contributed by atoms with Crippen molar-refractivity contribution in [1.29, 1.82) is 5.26 Å². The maximum absolute atomic E-state index is 14.1. The van der Waals surface area contributed by atoms with Crippen LogP contribution in [0.2, 0.25) is 10.0 Å². The molecule has 3 rings (SSSR count). The number of oxime groups is 1. The molecule has 0 aromatic heterocycles. The van der Waals surface area contributed by atoms with Crippen molar-refractivity contribution in [2.45, 2.75) is 25.1 Å². The van der Waals surface area contributed by atoms with Crippen molar-refractivity contribution < 1.29 is 22.8 Å². The number of halogens is 5. The molecule has 0 aliphatic carbocycles. The lowest BCUT2D eigenvalue weighted by Crippen LogP contribution is -2.42. The van der Waals surface area contributed by atoms with E-state index in [0.29, 0.717) is 16.7 Å². The summed E-state index contributed by atoms with van der Waals surface area (Å²) in [6.45, 7) is 1.48. The number of carbonyl (C=O) groups excluding carboxylic acids is 1. The summed E-state index contributed by atoms with van der Waals surface area (Å²) in [5.74, 6) is -0.455. The van der Waals surface area contributed by atoms with Gasteiger partial charge in [-0.1, -0.05) is 34.4 Å². The molecule has 1 aliphatic heterocycles. The second-order valence-electron chi connectivity index (χ2n) is 6.66. The fraction of sp³-hybridized carbons (Fsp3) is 0.250. The van der Waals surface area contributed by atoms with Gasteiger partial charge >= 0.3 is 6.18 Å². The highest BCUT2D eigenvalue weighted by Gasteiger charge is 2.62. The summed E-state index contributed by atoms with van der Waals surface area (Å²) in [5.41, 5.74) is -1.72. The first-order valence-electron chi connectivity index (χ1n) is 8.62. The number of rotatable bonds is 4. The van der Waals surface area contributed by atoms with E-state index in [-0.39, 0.29) is 27.9 Å². The highest BCUT2D eigenvalue weighted by Crippen LogP contribution is 2.49. The summed E-state index contributed by atoms with van der Waals surface area (Å²) in [5, 5.41) is 14.8. The minimum atomic E-state index is -4.79. The predicted octanol–water partition coefficient (Wildman–Crippen LogP) is 5.14. The van der Waals surface area contributed by atoms with Crippen molar-refractivity contribution in [2.75, 3.05) is 6.54 Å². The quantitative estimate of drug-likeness (QED) is 0.648. The lowest BCUT2D eigenvalue weighted by Gasteiger charge is -2.29. The fourth-order valence-electron chi connectivity index (χ4n) is 3.16. The Hall–Kier alpha value is -2.76. The minimum Gasteiger partial charge on any atom is -0.374 e. The predicted molar refractivity (Wildman–Crippen MR) is 106 cm³/mol. The molecule has 156 valence electrons. The SMILES string of the molecule is Cc1cc(C2=NOC(c3cc(Cl)cc(Cl)c3)(C(F)(F)F)C2)ccc1C(=O)NCC#N. The van der Waals surface area contributed by atoms with Crippen LogP contribution in [-0.2, 0) is 10.4 Å². The van der Waals surface area contributed by atoms with E-state index in [4.69, 9.17) is 33.3 Å². The van der Waals surface area contributed by atoms with Crippen LogP contribution in [0.1, 0.15) is 33.5 Å². The van der Waals surface area contributed by atoms with Gasteiger partial charge in [0.2, 0.25) is 0 Å². The zero-order chi connectivity index (χ0) is 22.1. The number of aryl methyl sites for hydroxylation is 1. The summed E-state index contributed by atoms with van der Waals surface area (Å²) < 4.78 is 42.2. The molecule has 1 N–H and O–H groups in total. The first kappa shape index (κ1) is 21.9. The maximum Gasteiger partial charge on any atom is 0.435 e. The van der Waals surface area contributed by atoms with Crippen molar-refractivity contribution in [3.05, 3.63) is 68.7 Å². The molecule has 1 atom stereocenters. The van der Waals surface area contributed by atoms with Crippen molar-refractivity contribution in [2.24, 2.45) is 5.16 Å². The van der Waals surface area contributed by atoms with E-state index in [2.05, 4.69) is 10.5 Å². The second-order valence-corrected chi connectivity index (χ2v) is 7.53. The van der Waals surface area contributed by atoms with E-state index in [9.17, 15) is 18.0 Å². The number of carbonyl (C=O) groups is 1. The molecule has 1 heterocycles. The molecule has 0 bridgehead atoms. The first-order valence-corrected chi connectivity index (χ1v) is 9.37. The number of nitrogens with one attached hydrogen (secondary N) is 1. The average Bonchev–Trinajstić information content (AvgIpc) is 3.12. The Balaban J connectivity index is 1.94. The molecular weight excluding hydrogens is 442 g/mol. The van der Waals surface area contributed by atoms with Gasteiger partial charge in [0, 0.05) is 27.6 Å². The third-order valence-corrected chi connectivity index (χ3v) is 5.08. The minimum absolute atomic E-state index is 0.0433. The number of amides is 1. The van der Waals surface area contributed by atoms with Crippen molar-refractivity contribution in [1.82, 2.24) is 5.32 Å². The third-order valence-electron chi connectivity index (χ3n) is 4.65. The summed E-state index contributed by atoms with van der Waals surface area (Å²) in [6, 6.07) is 9.90. The van der Waals surface area contributed by atoms with Gasteiger partial charge in [0.15, 0.2) is 0 Å². The zero-order valence-electron chi connectivity index (χ0n) is 15.5. The number of hydrogen-bond donors (Lipinski definition) is 1.